The molecule has 1 aromatic rings. The Morgan fingerprint density at radius 2 is 1.88 bits per heavy atom. The van der Waals surface area contributed by atoms with Gasteiger partial charge in [0.2, 0.25) is 0 Å². The molecule has 0 aliphatic heterocycles. The van der Waals surface area contributed by atoms with Gasteiger partial charge >= 0.3 is 5.97 Å². The first-order valence-electron chi connectivity index (χ1n) is 9.06. The smallest absolute Gasteiger partial charge is 0.338 e. The second-order valence-electron chi connectivity index (χ2n) is 8.07. The van der Waals surface area contributed by atoms with E-state index >= 15 is 0 Å². The van der Waals surface area contributed by atoms with Gasteiger partial charge in [0.1, 0.15) is 17.2 Å². The summed E-state index contributed by atoms with van der Waals surface area (Å²) < 4.78 is 5.55. The van der Waals surface area contributed by atoms with Gasteiger partial charge in [-0.25, -0.2) is 9.78 Å². The van der Waals surface area contributed by atoms with Gasteiger partial charge in [0, 0.05) is 19.1 Å². The Labute approximate surface area is 144 Å². The fourth-order valence-corrected chi connectivity index (χ4v) is 2.95. The summed E-state index contributed by atoms with van der Waals surface area (Å²) in [7, 11) is 2.07. The molecule has 0 amide bonds. The molecule has 5 heteroatoms. The van der Waals surface area contributed by atoms with E-state index in [9.17, 15) is 4.79 Å². The fraction of sp³-hybridized carbons (Fsp3) is 0.684. The van der Waals surface area contributed by atoms with Crippen LogP contribution in [-0.4, -0.2) is 35.7 Å². The molecule has 1 aromatic heterocycles. The maximum atomic E-state index is 12.5. The summed E-state index contributed by atoms with van der Waals surface area (Å²) in [5.74, 6) is 1.35. The summed E-state index contributed by atoms with van der Waals surface area (Å²) >= 11 is 0. The molecule has 3 rings (SSSR count). The van der Waals surface area contributed by atoms with E-state index in [1.807, 2.05) is 32.9 Å². The number of ether oxygens (including phenoxy) is 1. The van der Waals surface area contributed by atoms with E-state index in [1.54, 1.807) is 0 Å². The number of anilines is 2. The van der Waals surface area contributed by atoms with Crippen molar-refractivity contribution in [2.75, 3.05) is 17.3 Å². The molecular formula is C19H29N3O2. The monoisotopic (exact) mass is 331 g/mol. The van der Waals surface area contributed by atoms with E-state index in [4.69, 9.17) is 9.72 Å². The summed E-state index contributed by atoms with van der Waals surface area (Å²) in [6.07, 6.45) is 7.27. The Hall–Kier alpha value is -1.78. The van der Waals surface area contributed by atoms with Gasteiger partial charge in [-0.15, -0.1) is 0 Å². The lowest BCUT2D eigenvalue weighted by atomic mass is 9.92. The molecule has 2 aliphatic rings. The Kier molecular flexibility index (Phi) is 4.70. The number of nitrogens with one attached hydrogen (secondary N) is 1. The number of hydrogen-bond donors (Lipinski definition) is 1. The Morgan fingerprint density at radius 3 is 2.38 bits per heavy atom. The molecule has 1 heterocycles. The first kappa shape index (κ1) is 17.1. The summed E-state index contributed by atoms with van der Waals surface area (Å²) in [6.45, 7) is 5.67. The SMILES string of the molecule is CN(c1cc(C(=O)OC(C)(C)C)cc(NC2CCC2)n1)C1CCC1. The maximum absolute atomic E-state index is 12.5. The van der Waals surface area contributed by atoms with E-state index in [1.165, 1.54) is 38.5 Å². The molecule has 0 unspecified atom stereocenters. The number of aromatic nitrogens is 1. The fourth-order valence-electron chi connectivity index (χ4n) is 2.95. The lowest BCUT2D eigenvalue weighted by Gasteiger charge is -2.36. The van der Waals surface area contributed by atoms with Gasteiger partial charge in [-0.3, -0.25) is 0 Å². The van der Waals surface area contributed by atoms with Crippen molar-refractivity contribution in [3.05, 3.63) is 17.7 Å². The minimum atomic E-state index is -0.498. The first-order valence-corrected chi connectivity index (χ1v) is 9.06. The van der Waals surface area contributed by atoms with E-state index in [2.05, 4.69) is 17.3 Å². The van der Waals surface area contributed by atoms with Crippen molar-refractivity contribution in [3.8, 4) is 0 Å². The minimum absolute atomic E-state index is 0.287. The van der Waals surface area contributed by atoms with Gasteiger partial charge in [0.25, 0.3) is 0 Å². The van der Waals surface area contributed by atoms with Gasteiger partial charge in [0.15, 0.2) is 0 Å². The largest absolute Gasteiger partial charge is 0.456 e. The molecule has 2 aliphatic carbocycles. The molecule has 0 radical (unpaired) electrons. The highest BCUT2D eigenvalue weighted by molar-refractivity contribution is 5.91. The van der Waals surface area contributed by atoms with Crippen LogP contribution in [0.4, 0.5) is 11.6 Å². The Morgan fingerprint density at radius 1 is 1.21 bits per heavy atom. The Bertz CT molecular complexity index is 601. The van der Waals surface area contributed by atoms with Crippen LogP contribution in [0, 0.1) is 0 Å². The molecule has 24 heavy (non-hydrogen) atoms. The lowest BCUT2D eigenvalue weighted by Crippen LogP contribution is -2.38. The normalized spacial score (nSPS) is 18.5. The van der Waals surface area contributed by atoms with E-state index in [0.29, 0.717) is 17.6 Å². The number of carbonyl (C=O) groups is 1. The quantitative estimate of drug-likeness (QED) is 0.827. The Balaban J connectivity index is 1.84. The third-order valence-corrected chi connectivity index (χ3v) is 4.89. The third kappa shape index (κ3) is 4.00. The molecule has 0 saturated heterocycles. The van der Waals surface area contributed by atoms with Crippen molar-refractivity contribution >= 4 is 17.6 Å². The number of esters is 1. The van der Waals surface area contributed by atoms with E-state index < -0.39 is 5.60 Å². The molecule has 132 valence electrons. The summed E-state index contributed by atoms with van der Waals surface area (Å²) in [5.41, 5.74) is 0.0741. The van der Waals surface area contributed by atoms with E-state index in [0.717, 1.165) is 11.6 Å². The second kappa shape index (κ2) is 6.61. The van der Waals surface area contributed by atoms with Crippen LogP contribution in [0.15, 0.2) is 12.1 Å². The van der Waals surface area contributed by atoms with E-state index in [-0.39, 0.29) is 5.97 Å². The average Bonchev–Trinajstić information content (AvgIpc) is 2.39. The van der Waals surface area contributed by atoms with Crippen LogP contribution in [0.3, 0.4) is 0 Å². The average molecular weight is 331 g/mol. The van der Waals surface area contributed by atoms with Crippen LogP contribution in [0.2, 0.25) is 0 Å². The predicted molar refractivity (Wildman–Crippen MR) is 96.7 cm³/mol. The van der Waals surface area contributed by atoms with Gasteiger partial charge in [-0.05, 0) is 71.4 Å². The molecular weight excluding hydrogens is 302 g/mol. The number of carbonyl (C=O) groups excluding carboxylic acids is 1. The van der Waals surface area contributed by atoms with Crippen molar-refractivity contribution in [1.82, 2.24) is 4.98 Å². The van der Waals surface area contributed by atoms with Crippen LogP contribution >= 0.6 is 0 Å². The summed E-state index contributed by atoms with van der Waals surface area (Å²) in [6, 6.07) is 4.69. The molecule has 2 fully saturated rings. The zero-order chi connectivity index (χ0) is 17.3. The number of hydrogen-bond acceptors (Lipinski definition) is 5. The standard InChI is InChI=1S/C19H29N3O2/c1-19(2,3)24-18(23)13-11-16(20-14-7-5-8-14)21-17(12-13)22(4)15-9-6-10-15/h11-12,14-15H,5-10H2,1-4H3,(H,20,21). The molecule has 0 atom stereocenters. The zero-order valence-corrected chi connectivity index (χ0v) is 15.3. The maximum Gasteiger partial charge on any atom is 0.338 e. The predicted octanol–water partition coefficient (Wildman–Crippen LogP) is 3.99. The first-order chi connectivity index (χ1) is 11.3. The highest BCUT2D eigenvalue weighted by Gasteiger charge is 2.26. The van der Waals surface area contributed by atoms with Crippen LogP contribution in [0.5, 0.6) is 0 Å². The van der Waals surface area contributed by atoms with Crippen molar-refractivity contribution in [1.29, 1.82) is 0 Å². The molecule has 0 aromatic carbocycles. The molecule has 1 N–H and O–H groups in total. The van der Waals surface area contributed by atoms with Crippen LogP contribution in [0.25, 0.3) is 0 Å². The number of pyridine rings is 1. The summed E-state index contributed by atoms with van der Waals surface area (Å²) in [4.78, 5) is 19.5. The topological polar surface area (TPSA) is 54.5 Å². The molecule has 2 saturated carbocycles. The summed E-state index contributed by atoms with van der Waals surface area (Å²) in [5, 5.41) is 3.46. The number of rotatable bonds is 5. The highest BCUT2D eigenvalue weighted by Crippen LogP contribution is 2.30. The highest BCUT2D eigenvalue weighted by atomic mass is 16.6. The van der Waals surface area contributed by atoms with Crippen LogP contribution in [-0.2, 0) is 4.74 Å². The molecule has 0 spiro atoms. The third-order valence-electron chi connectivity index (χ3n) is 4.89. The molecule has 5 nitrogen and oxygen atoms in total. The van der Waals surface area contributed by atoms with Crippen LogP contribution < -0.4 is 10.2 Å². The molecule has 0 bridgehead atoms. The van der Waals surface area contributed by atoms with Gasteiger partial charge in [-0.1, -0.05) is 0 Å². The van der Waals surface area contributed by atoms with Gasteiger partial charge in [-0.2, -0.15) is 0 Å². The second-order valence-corrected chi connectivity index (χ2v) is 8.07. The van der Waals surface area contributed by atoms with Gasteiger partial charge in [0.05, 0.1) is 5.56 Å². The zero-order valence-electron chi connectivity index (χ0n) is 15.3. The van der Waals surface area contributed by atoms with Crippen molar-refractivity contribution in [2.24, 2.45) is 0 Å². The van der Waals surface area contributed by atoms with Crippen LogP contribution in [0.1, 0.15) is 69.7 Å². The van der Waals surface area contributed by atoms with Gasteiger partial charge < -0.3 is 15.0 Å². The number of nitrogens with zero attached hydrogens (tertiary/aromatic N) is 2. The van der Waals surface area contributed by atoms with Crippen molar-refractivity contribution in [3.63, 3.8) is 0 Å². The van der Waals surface area contributed by atoms with Crippen molar-refractivity contribution in [2.45, 2.75) is 77.0 Å². The van der Waals surface area contributed by atoms with Crippen molar-refractivity contribution < 1.29 is 9.53 Å². The lowest BCUT2D eigenvalue weighted by molar-refractivity contribution is 0.00694. The minimum Gasteiger partial charge on any atom is -0.456 e.